The van der Waals surface area contributed by atoms with Gasteiger partial charge in [-0.2, -0.15) is 0 Å². The van der Waals surface area contributed by atoms with Crippen LogP contribution in [0.1, 0.15) is 59.7 Å². The number of nitrogens with zero attached hydrogens (tertiary/aromatic N) is 1. The molecule has 0 radical (unpaired) electrons. The normalized spacial score (nSPS) is 10.5. The van der Waals surface area contributed by atoms with Crippen molar-refractivity contribution < 1.29 is 34.8 Å². The predicted molar refractivity (Wildman–Crippen MR) is 139 cm³/mol. The Morgan fingerprint density at radius 1 is 0.757 bits per heavy atom. The highest BCUT2D eigenvalue weighted by Gasteiger charge is 2.15. The number of ketones is 1. The van der Waals surface area contributed by atoms with Crippen LogP contribution in [0.15, 0.2) is 48.7 Å². The van der Waals surface area contributed by atoms with Crippen LogP contribution in [-0.2, 0) is 4.79 Å². The van der Waals surface area contributed by atoms with Crippen molar-refractivity contribution in [2.75, 3.05) is 26.2 Å². The Kier molecular flexibility index (Phi) is 11.3. The number of para-hydroxylation sites is 2. The monoisotopic (exact) mass is 513 g/mol. The van der Waals surface area contributed by atoms with E-state index in [9.17, 15) is 34.8 Å². The molecule has 0 saturated carbocycles. The van der Waals surface area contributed by atoms with Gasteiger partial charge in [0.25, 0.3) is 11.8 Å². The van der Waals surface area contributed by atoms with Crippen LogP contribution in [0.5, 0.6) is 23.0 Å². The summed E-state index contributed by atoms with van der Waals surface area (Å²) in [6.07, 6.45) is 2.85. The molecule has 2 aromatic rings. The average molecular weight is 514 g/mol. The molecule has 0 aliphatic carbocycles. The van der Waals surface area contributed by atoms with Crippen molar-refractivity contribution in [3.63, 3.8) is 0 Å². The van der Waals surface area contributed by atoms with Gasteiger partial charge < -0.3 is 40.8 Å². The van der Waals surface area contributed by atoms with E-state index in [-0.39, 0.29) is 28.4 Å². The van der Waals surface area contributed by atoms with Crippen molar-refractivity contribution in [1.82, 2.24) is 15.5 Å². The molecular formula is C27H35N3O7. The number of phenolic OH excluding ortho intramolecular Hbond substituents is 4. The zero-order valence-corrected chi connectivity index (χ0v) is 21.0. The van der Waals surface area contributed by atoms with Gasteiger partial charge in [-0.15, -0.1) is 0 Å². The van der Waals surface area contributed by atoms with Crippen LogP contribution in [0.2, 0.25) is 0 Å². The first-order valence-corrected chi connectivity index (χ1v) is 12.1. The molecule has 0 aliphatic rings. The van der Waals surface area contributed by atoms with Gasteiger partial charge in [0, 0.05) is 38.3 Å². The first-order chi connectivity index (χ1) is 17.6. The predicted octanol–water partition coefficient (Wildman–Crippen LogP) is 3.02. The fourth-order valence-corrected chi connectivity index (χ4v) is 3.63. The third-order valence-corrected chi connectivity index (χ3v) is 5.76. The highest BCUT2D eigenvalue weighted by atomic mass is 16.3. The quantitative estimate of drug-likeness (QED) is 0.157. The largest absolute Gasteiger partial charge is 0.504 e. The Morgan fingerprint density at radius 3 is 1.76 bits per heavy atom. The van der Waals surface area contributed by atoms with Gasteiger partial charge in [0.1, 0.15) is 5.78 Å². The number of carbonyl (C=O) groups is 3. The standard InChI is InChI=1S/C27H35N3O7/c1-18(12-13-19(2)31)30(17-7-15-29-27(37)21-9-6-11-23(33)25(21)35)16-4-3-14-28-26(36)20-8-5-10-22(32)24(20)34/h5-6,8-11,32-35H,1,3-4,7,12-17H2,2H3,(H,28,36)(H,29,37). The fraction of sp³-hybridized carbons (Fsp3) is 0.370. The molecular weight excluding hydrogens is 478 g/mol. The van der Waals surface area contributed by atoms with E-state index >= 15 is 0 Å². The maximum Gasteiger partial charge on any atom is 0.255 e. The molecule has 0 unspecified atom stereocenters. The Hall–Kier alpha value is -4.21. The van der Waals surface area contributed by atoms with Crippen molar-refractivity contribution in [3.05, 3.63) is 59.8 Å². The van der Waals surface area contributed by atoms with Crippen LogP contribution in [0.3, 0.4) is 0 Å². The van der Waals surface area contributed by atoms with Gasteiger partial charge in [-0.05, 0) is 56.9 Å². The molecule has 10 nitrogen and oxygen atoms in total. The van der Waals surface area contributed by atoms with Gasteiger partial charge >= 0.3 is 0 Å². The highest BCUT2D eigenvalue weighted by Crippen LogP contribution is 2.28. The number of allylic oxidation sites excluding steroid dienone is 1. The molecule has 37 heavy (non-hydrogen) atoms. The number of hydrogen-bond donors (Lipinski definition) is 6. The van der Waals surface area contributed by atoms with Gasteiger partial charge in [-0.25, -0.2) is 0 Å². The summed E-state index contributed by atoms with van der Waals surface area (Å²) in [5, 5.41) is 44.2. The van der Waals surface area contributed by atoms with E-state index < -0.39 is 23.3 Å². The Bertz CT molecular complexity index is 1120. The average Bonchev–Trinajstić information content (AvgIpc) is 2.86. The van der Waals surface area contributed by atoms with Crippen molar-refractivity contribution in [2.24, 2.45) is 0 Å². The maximum atomic E-state index is 12.3. The Labute approximate surface area is 216 Å². The number of rotatable bonds is 15. The van der Waals surface area contributed by atoms with Gasteiger partial charge in [0.15, 0.2) is 23.0 Å². The number of unbranched alkanes of at least 4 members (excludes halogenated alkanes) is 1. The maximum absolute atomic E-state index is 12.3. The van der Waals surface area contributed by atoms with Crippen LogP contribution in [0.25, 0.3) is 0 Å². The van der Waals surface area contributed by atoms with E-state index in [4.69, 9.17) is 0 Å². The third kappa shape index (κ3) is 9.06. The van der Waals surface area contributed by atoms with E-state index in [1.54, 1.807) is 0 Å². The van der Waals surface area contributed by atoms with Crippen LogP contribution in [0.4, 0.5) is 0 Å². The van der Waals surface area contributed by atoms with Gasteiger partial charge in [0.2, 0.25) is 0 Å². The smallest absolute Gasteiger partial charge is 0.255 e. The Morgan fingerprint density at radius 2 is 1.24 bits per heavy atom. The molecule has 0 aliphatic heterocycles. The third-order valence-electron chi connectivity index (χ3n) is 5.76. The lowest BCUT2D eigenvalue weighted by Gasteiger charge is -2.27. The second kappa shape index (κ2) is 14.4. The van der Waals surface area contributed by atoms with E-state index in [1.165, 1.54) is 43.3 Å². The first kappa shape index (κ1) is 29.0. The minimum atomic E-state index is -0.496. The second-order valence-electron chi connectivity index (χ2n) is 8.67. The van der Waals surface area contributed by atoms with Gasteiger partial charge in [-0.1, -0.05) is 18.7 Å². The number of benzene rings is 2. The molecule has 2 aromatic carbocycles. The molecule has 2 amide bonds. The summed E-state index contributed by atoms with van der Waals surface area (Å²) in [4.78, 5) is 38.0. The molecule has 0 atom stereocenters. The minimum absolute atomic E-state index is 0.000295. The lowest BCUT2D eigenvalue weighted by molar-refractivity contribution is -0.117. The summed E-state index contributed by atoms with van der Waals surface area (Å²) < 4.78 is 0. The zero-order valence-electron chi connectivity index (χ0n) is 21.0. The topological polar surface area (TPSA) is 159 Å². The van der Waals surface area contributed by atoms with E-state index in [0.29, 0.717) is 51.9 Å². The fourth-order valence-electron chi connectivity index (χ4n) is 3.63. The lowest BCUT2D eigenvalue weighted by atomic mass is 10.1. The summed E-state index contributed by atoms with van der Waals surface area (Å²) in [5.41, 5.74) is 0.796. The molecule has 2 rings (SSSR count). The lowest BCUT2D eigenvalue weighted by Crippen LogP contribution is -2.31. The van der Waals surface area contributed by atoms with Crippen molar-refractivity contribution >= 4 is 17.6 Å². The number of aromatic hydroxyl groups is 4. The van der Waals surface area contributed by atoms with Crippen LogP contribution in [-0.4, -0.2) is 69.1 Å². The molecule has 0 spiro atoms. The first-order valence-electron chi connectivity index (χ1n) is 12.1. The zero-order chi connectivity index (χ0) is 27.4. The van der Waals surface area contributed by atoms with Crippen LogP contribution in [0, 0.1) is 0 Å². The highest BCUT2D eigenvalue weighted by molar-refractivity contribution is 5.98. The van der Waals surface area contributed by atoms with Crippen molar-refractivity contribution in [2.45, 2.75) is 39.0 Å². The van der Waals surface area contributed by atoms with Gasteiger partial charge in [0.05, 0.1) is 11.1 Å². The molecule has 200 valence electrons. The number of hydrogen-bond acceptors (Lipinski definition) is 8. The number of Topliss-reactive ketones (excluding diaryl/α,β-unsaturated/α-hetero) is 1. The second-order valence-corrected chi connectivity index (χ2v) is 8.67. The number of phenols is 4. The summed E-state index contributed by atoms with van der Waals surface area (Å²) >= 11 is 0. The van der Waals surface area contributed by atoms with Crippen LogP contribution >= 0.6 is 0 Å². The molecule has 0 fully saturated rings. The molecule has 0 aromatic heterocycles. The van der Waals surface area contributed by atoms with E-state index in [1.807, 2.05) is 4.90 Å². The van der Waals surface area contributed by atoms with Crippen molar-refractivity contribution in [1.29, 1.82) is 0 Å². The number of nitrogens with one attached hydrogen (secondary N) is 2. The minimum Gasteiger partial charge on any atom is -0.504 e. The molecule has 0 saturated heterocycles. The van der Waals surface area contributed by atoms with Crippen LogP contribution < -0.4 is 10.6 Å². The summed E-state index contributed by atoms with van der Waals surface area (Å²) in [7, 11) is 0. The summed E-state index contributed by atoms with van der Waals surface area (Å²) in [6.45, 7) is 7.52. The summed E-state index contributed by atoms with van der Waals surface area (Å²) in [5.74, 6) is -2.56. The molecule has 0 heterocycles. The molecule has 0 bridgehead atoms. The Balaban J connectivity index is 1.81. The van der Waals surface area contributed by atoms with E-state index in [2.05, 4.69) is 17.2 Å². The molecule has 10 heteroatoms. The number of amides is 2. The molecule has 6 N–H and O–H groups in total. The van der Waals surface area contributed by atoms with E-state index in [0.717, 1.165) is 12.1 Å². The SMILES string of the molecule is C=C(CCC(C)=O)N(CCCCNC(=O)c1cccc(O)c1O)CCCNC(=O)c1cccc(O)c1O. The van der Waals surface area contributed by atoms with Gasteiger partial charge in [-0.3, -0.25) is 9.59 Å². The summed E-state index contributed by atoms with van der Waals surface area (Å²) in [6, 6.07) is 8.37. The number of carbonyl (C=O) groups excluding carboxylic acids is 3. The van der Waals surface area contributed by atoms with Crippen molar-refractivity contribution in [3.8, 4) is 23.0 Å².